The van der Waals surface area contributed by atoms with Gasteiger partial charge in [0.05, 0.1) is 6.61 Å². The molecule has 0 aliphatic carbocycles. The van der Waals surface area contributed by atoms with Gasteiger partial charge >= 0.3 is 12.0 Å². The van der Waals surface area contributed by atoms with Gasteiger partial charge in [0.1, 0.15) is 0 Å². The molecule has 0 aliphatic heterocycles. The van der Waals surface area contributed by atoms with Gasteiger partial charge in [0.15, 0.2) is 6.04 Å². The molecule has 0 aromatic carbocycles. The van der Waals surface area contributed by atoms with E-state index in [2.05, 4.69) is 10.6 Å². The highest BCUT2D eigenvalue weighted by Gasteiger charge is 2.17. The van der Waals surface area contributed by atoms with E-state index in [9.17, 15) is 9.59 Å². The van der Waals surface area contributed by atoms with Crippen molar-refractivity contribution >= 4 is 12.0 Å². The number of nitrogens with zero attached hydrogens (tertiary/aromatic N) is 1. The summed E-state index contributed by atoms with van der Waals surface area (Å²) in [6, 6.07) is -1.86. The van der Waals surface area contributed by atoms with Gasteiger partial charge in [-0.2, -0.15) is 0 Å². The number of hydrogen-bond donors (Lipinski definition) is 4. The van der Waals surface area contributed by atoms with Crippen LogP contribution in [0.15, 0.2) is 0 Å². The highest BCUT2D eigenvalue weighted by Crippen LogP contribution is 1.82. The van der Waals surface area contributed by atoms with Gasteiger partial charge in [-0.15, -0.1) is 0 Å². The third-order valence-corrected chi connectivity index (χ3v) is 1.63. The number of rotatable bonds is 6. The summed E-state index contributed by atoms with van der Waals surface area (Å²) in [5.41, 5.74) is 0. The molecule has 0 bridgehead atoms. The Bertz CT molecular complexity index is 220. The van der Waals surface area contributed by atoms with Crippen molar-refractivity contribution < 1.29 is 19.8 Å². The number of carbonyl (C=O) groups is 2. The van der Waals surface area contributed by atoms with Crippen LogP contribution in [0.1, 0.15) is 0 Å². The summed E-state index contributed by atoms with van der Waals surface area (Å²) in [7, 11) is 3.71. The average Bonchev–Trinajstić information content (AvgIpc) is 2.13. The first-order valence-electron chi connectivity index (χ1n) is 4.50. The highest BCUT2D eigenvalue weighted by molar-refractivity contribution is 5.82. The van der Waals surface area contributed by atoms with Crippen LogP contribution in [0.5, 0.6) is 0 Å². The Morgan fingerprint density at radius 3 is 2.40 bits per heavy atom. The largest absolute Gasteiger partial charge is 0.480 e. The number of amides is 2. The fourth-order valence-corrected chi connectivity index (χ4v) is 0.788. The molecule has 0 saturated heterocycles. The lowest BCUT2D eigenvalue weighted by Crippen LogP contribution is -2.48. The zero-order valence-electron chi connectivity index (χ0n) is 8.86. The minimum Gasteiger partial charge on any atom is -0.480 e. The predicted octanol–water partition coefficient (Wildman–Crippen LogP) is -1.71. The van der Waals surface area contributed by atoms with Crippen LogP contribution in [-0.4, -0.2) is 66.9 Å². The summed E-state index contributed by atoms with van der Waals surface area (Å²) in [5, 5.41) is 21.7. The molecule has 0 saturated carbocycles. The molecular formula is C8H17N3O4. The van der Waals surface area contributed by atoms with Crippen LogP contribution < -0.4 is 10.6 Å². The maximum Gasteiger partial charge on any atom is 0.328 e. The summed E-state index contributed by atoms with van der Waals surface area (Å²) in [4.78, 5) is 23.4. The number of likely N-dealkylation sites (N-methyl/N-ethyl adjacent to an activating group) is 1. The van der Waals surface area contributed by atoms with Crippen molar-refractivity contribution in [2.24, 2.45) is 0 Å². The molecule has 0 aromatic heterocycles. The monoisotopic (exact) mass is 219 g/mol. The molecule has 15 heavy (non-hydrogen) atoms. The summed E-state index contributed by atoms with van der Waals surface area (Å²) in [5.74, 6) is -1.26. The molecular weight excluding hydrogens is 202 g/mol. The predicted molar refractivity (Wildman–Crippen MR) is 53.6 cm³/mol. The molecule has 4 N–H and O–H groups in total. The van der Waals surface area contributed by atoms with Gasteiger partial charge in [-0.25, -0.2) is 9.59 Å². The lowest BCUT2D eigenvalue weighted by atomic mass is 10.3. The fourth-order valence-electron chi connectivity index (χ4n) is 0.788. The Labute approximate surface area is 88.1 Å². The molecule has 0 rings (SSSR count). The van der Waals surface area contributed by atoms with Gasteiger partial charge in [0, 0.05) is 13.1 Å². The Hall–Kier alpha value is -1.34. The number of carboxylic acids is 1. The lowest BCUT2D eigenvalue weighted by molar-refractivity contribution is -0.140. The number of urea groups is 1. The summed E-state index contributed by atoms with van der Waals surface area (Å²) in [6.45, 7) is 0.442. The quantitative estimate of drug-likeness (QED) is 0.426. The molecule has 1 unspecified atom stereocenters. The van der Waals surface area contributed by atoms with E-state index in [1.54, 1.807) is 0 Å². The second kappa shape index (κ2) is 7.02. The zero-order valence-corrected chi connectivity index (χ0v) is 8.86. The molecule has 7 heteroatoms. The lowest BCUT2D eigenvalue weighted by Gasteiger charge is -2.14. The Morgan fingerprint density at radius 2 is 2.00 bits per heavy atom. The molecule has 88 valence electrons. The van der Waals surface area contributed by atoms with Gasteiger partial charge in [0.2, 0.25) is 0 Å². The fraction of sp³-hybridized carbons (Fsp3) is 0.750. The average molecular weight is 219 g/mol. The highest BCUT2D eigenvalue weighted by atomic mass is 16.4. The maximum absolute atomic E-state index is 11.1. The molecule has 0 radical (unpaired) electrons. The van der Waals surface area contributed by atoms with Gasteiger partial charge in [0.25, 0.3) is 0 Å². The van der Waals surface area contributed by atoms with Crippen LogP contribution in [-0.2, 0) is 4.79 Å². The van der Waals surface area contributed by atoms with E-state index in [0.717, 1.165) is 0 Å². The number of aliphatic hydroxyl groups excluding tert-OH is 1. The van der Waals surface area contributed by atoms with E-state index < -0.39 is 24.6 Å². The van der Waals surface area contributed by atoms with E-state index in [1.165, 1.54) is 0 Å². The van der Waals surface area contributed by atoms with Crippen LogP contribution in [0.2, 0.25) is 0 Å². The molecule has 0 aromatic rings. The molecule has 1 atom stereocenters. The van der Waals surface area contributed by atoms with Crippen molar-refractivity contribution in [2.75, 3.05) is 33.8 Å². The number of nitrogens with one attached hydrogen (secondary N) is 2. The summed E-state index contributed by atoms with van der Waals surface area (Å²) >= 11 is 0. The van der Waals surface area contributed by atoms with Crippen LogP contribution >= 0.6 is 0 Å². The van der Waals surface area contributed by atoms with Crippen LogP contribution in [0, 0.1) is 0 Å². The summed E-state index contributed by atoms with van der Waals surface area (Å²) < 4.78 is 0. The Balaban J connectivity index is 3.77. The Morgan fingerprint density at radius 1 is 1.40 bits per heavy atom. The van der Waals surface area contributed by atoms with Crippen molar-refractivity contribution in [3.63, 3.8) is 0 Å². The molecule has 0 fully saturated rings. The number of aliphatic carboxylic acids is 1. The SMILES string of the molecule is CN(C)CCNC(=O)NC(CO)C(=O)O. The standard InChI is InChI=1S/C8H17N3O4/c1-11(2)4-3-9-8(15)10-6(5-12)7(13)14/h6,12H,3-5H2,1-2H3,(H,13,14)(H2,9,10,15). The van der Waals surface area contributed by atoms with Crippen molar-refractivity contribution in [3.05, 3.63) is 0 Å². The first-order chi connectivity index (χ1) is 6.97. The number of carbonyl (C=O) groups excluding carboxylic acids is 1. The number of carboxylic acid groups (broad SMARTS) is 1. The molecule has 0 aliphatic rings. The minimum absolute atomic E-state index is 0.413. The first kappa shape index (κ1) is 13.7. The number of hydrogen-bond acceptors (Lipinski definition) is 4. The van der Waals surface area contributed by atoms with E-state index in [0.29, 0.717) is 13.1 Å². The smallest absolute Gasteiger partial charge is 0.328 e. The second-order valence-electron chi connectivity index (χ2n) is 3.28. The zero-order chi connectivity index (χ0) is 11.8. The Kier molecular flexibility index (Phi) is 6.39. The van der Waals surface area contributed by atoms with Crippen molar-refractivity contribution in [1.29, 1.82) is 0 Å². The van der Waals surface area contributed by atoms with Gasteiger partial charge in [-0.1, -0.05) is 0 Å². The normalized spacial score (nSPS) is 12.3. The van der Waals surface area contributed by atoms with Gasteiger partial charge in [-0.05, 0) is 14.1 Å². The van der Waals surface area contributed by atoms with Gasteiger partial charge < -0.3 is 25.7 Å². The third-order valence-electron chi connectivity index (χ3n) is 1.63. The molecule has 2 amide bonds. The van der Waals surface area contributed by atoms with E-state index in [1.807, 2.05) is 19.0 Å². The topological polar surface area (TPSA) is 102 Å². The summed E-state index contributed by atoms with van der Waals surface area (Å²) in [6.07, 6.45) is 0. The second-order valence-corrected chi connectivity index (χ2v) is 3.28. The molecule has 0 heterocycles. The number of aliphatic hydroxyl groups is 1. The van der Waals surface area contributed by atoms with E-state index in [4.69, 9.17) is 10.2 Å². The van der Waals surface area contributed by atoms with Gasteiger partial charge in [-0.3, -0.25) is 0 Å². The van der Waals surface area contributed by atoms with Crippen LogP contribution in [0.25, 0.3) is 0 Å². The van der Waals surface area contributed by atoms with Crippen molar-refractivity contribution in [3.8, 4) is 0 Å². The van der Waals surface area contributed by atoms with Crippen LogP contribution in [0.4, 0.5) is 4.79 Å². The van der Waals surface area contributed by atoms with E-state index >= 15 is 0 Å². The molecule has 0 spiro atoms. The maximum atomic E-state index is 11.1. The first-order valence-corrected chi connectivity index (χ1v) is 4.50. The van der Waals surface area contributed by atoms with Crippen molar-refractivity contribution in [1.82, 2.24) is 15.5 Å². The minimum atomic E-state index is -1.26. The van der Waals surface area contributed by atoms with Crippen LogP contribution in [0.3, 0.4) is 0 Å². The van der Waals surface area contributed by atoms with Crippen molar-refractivity contribution in [2.45, 2.75) is 6.04 Å². The van der Waals surface area contributed by atoms with E-state index in [-0.39, 0.29) is 0 Å². The third kappa shape index (κ3) is 6.69. The molecule has 7 nitrogen and oxygen atoms in total.